The molecule has 0 bridgehead atoms. The van der Waals surface area contributed by atoms with Gasteiger partial charge in [-0.2, -0.15) is 0 Å². The molecule has 0 spiro atoms. The average Bonchev–Trinajstić information content (AvgIpc) is 2.89. The fraction of sp³-hybridized carbons (Fsp3) is 0.533. The largest absolute Gasteiger partial charge is 0.445 e. The number of benzene rings is 1. The summed E-state index contributed by atoms with van der Waals surface area (Å²) >= 11 is 0. The van der Waals surface area contributed by atoms with Crippen LogP contribution in [0, 0.1) is 5.92 Å². The van der Waals surface area contributed by atoms with Crippen LogP contribution in [0.3, 0.4) is 0 Å². The Kier molecular flexibility index (Phi) is 7.04. The summed E-state index contributed by atoms with van der Waals surface area (Å²) in [5, 5.41) is 9.09. The van der Waals surface area contributed by atoms with Crippen molar-refractivity contribution in [2.24, 2.45) is 11.7 Å². The molecule has 1 aromatic carbocycles. The molecule has 2 atom stereocenters. The maximum absolute atomic E-state index is 11.8. The van der Waals surface area contributed by atoms with Crippen LogP contribution in [0.5, 0.6) is 0 Å². The van der Waals surface area contributed by atoms with Gasteiger partial charge in [-0.15, -0.1) is 0 Å². The molecule has 112 valence electrons. The number of carbonyl (C=O) groups is 1. The zero-order valence-corrected chi connectivity index (χ0v) is 12.2. The number of aliphatic hydroxyl groups excluding tert-OH is 1. The molecule has 5 heteroatoms. The van der Waals surface area contributed by atoms with E-state index in [1.165, 1.54) is 0 Å². The first-order chi connectivity index (χ1) is 9.70. The molecule has 0 saturated carbocycles. The number of amides is 1. The summed E-state index contributed by atoms with van der Waals surface area (Å²) in [6.45, 7) is 5.17. The number of hydrogen-bond donors (Lipinski definition) is 2. The Morgan fingerprint density at radius 3 is 2.55 bits per heavy atom. The van der Waals surface area contributed by atoms with Gasteiger partial charge < -0.3 is 20.5 Å². The molecular formula is C15H24N2O3. The molecule has 20 heavy (non-hydrogen) atoms. The third-order valence-corrected chi connectivity index (χ3v) is 3.19. The monoisotopic (exact) mass is 280 g/mol. The molecule has 0 radical (unpaired) electrons. The highest BCUT2D eigenvalue weighted by Crippen LogP contribution is 2.16. The molecule has 1 amide bonds. The summed E-state index contributed by atoms with van der Waals surface area (Å²) in [6.07, 6.45) is -0.370. The zero-order chi connectivity index (χ0) is 15.0. The van der Waals surface area contributed by atoms with Gasteiger partial charge in [-0.05, 0) is 5.56 Å². The van der Waals surface area contributed by atoms with Gasteiger partial charge in [-0.25, -0.2) is 4.79 Å². The van der Waals surface area contributed by atoms with Gasteiger partial charge in [0.1, 0.15) is 6.61 Å². The summed E-state index contributed by atoms with van der Waals surface area (Å²) < 4.78 is 5.20. The molecule has 0 aliphatic carbocycles. The number of nitrogens with zero attached hydrogens (tertiary/aromatic N) is 1. The SMILES string of the molecule is CC.NC1CN(C(=O)OCc2ccccc2)CC1CO. The molecule has 1 heterocycles. The number of likely N-dealkylation sites (tertiary alicyclic amines) is 1. The fourth-order valence-corrected chi connectivity index (χ4v) is 2.05. The van der Waals surface area contributed by atoms with Crippen molar-refractivity contribution in [3.05, 3.63) is 35.9 Å². The van der Waals surface area contributed by atoms with Gasteiger partial charge in [0.2, 0.25) is 0 Å². The van der Waals surface area contributed by atoms with E-state index in [0.29, 0.717) is 13.1 Å². The first kappa shape index (κ1) is 16.5. The molecule has 1 aliphatic heterocycles. The Hall–Kier alpha value is -1.59. The van der Waals surface area contributed by atoms with E-state index in [2.05, 4.69) is 0 Å². The Morgan fingerprint density at radius 2 is 2.00 bits per heavy atom. The molecule has 5 nitrogen and oxygen atoms in total. The maximum Gasteiger partial charge on any atom is 0.410 e. The van der Waals surface area contributed by atoms with Crippen molar-refractivity contribution in [2.75, 3.05) is 19.7 Å². The lowest BCUT2D eigenvalue weighted by Crippen LogP contribution is -2.33. The van der Waals surface area contributed by atoms with E-state index in [4.69, 9.17) is 15.6 Å². The number of carbonyl (C=O) groups excluding carboxylic acids is 1. The predicted octanol–water partition coefficient (Wildman–Crippen LogP) is 1.60. The molecular weight excluding hydrogens is 256 g/mol. The highest BCUT2D eigenvalue weighted by molar-refractivity contribution is 5.68. The van der Waals surface area contributed by atoms with Crippen molar-refractivity contribution in [2.45, 2.75) is 26.5 Å². The highest BCUT2D eigenvalue weighted by Gasteiger charge is 2.33. The lowest BCUT2D eigenvalue weighted by atomic mass is 10.1. The summed E-state index contributed by atoms with van der Waals surface area (Å²) in [5.74, 6) is -0.0470. The van der Waals surface area contributed by atoms with E-state index < -0.39 is 0 Å². The van der Waals surface area contributed by atoms with Crippen LogP contribution in [-0.2, 0) is 11.3 Å². The van der Waals surface area contributed by atoms with E-state index in [1.807, 2.05) is 44.2 Å². The minimum atomic E-state index is -0.370. The smallest absolute Gasteiger partial charge is 0.410 e. The standard InChI is InChI=1S/C13H18N2O3.C2H6/c14-12-7-15(6-11(12)8-16)13(17)18-9-10-4-2-1-3-5-10;1-2/h1-5,11-12,16H,6-9,14H2;1-2H3. The van der Waals surface area contributed by atoms with Gasteiger partial charge in [0, 0.05) is 31.7 Å². The van der Waals surface area contributed by atoms with Crippen LogP contribution >= 0.6 is 0 Å². The van der Waals surface area contributed by atoms with Crippen molar-refractivity contribution < 1.29 is 14.6 Å². The lowest BCUT2D eigenvalue weighted by Gasteiger charge is -2.15. The number of ether oxygens (including phenoxy) is 1. The van der Waals surface area contributed by atoms with Crippen LogP contribution < -0.4 is 5.73 Å². The van der Waals surface area contributed by atoms with E-state index in [-0.39, 0.29) is 31.3 Å². The molecule has 2 rings (SSSR count). The topological polar surface area (TPSA) is 75.8 Å². The first-order valence-electron chi connectivity index (χ1n) is 7.02. The Labute approximate surface area is 120 Å². The second kappa shape index (κ2) is 8.55. The molecule has 3 N–H and O–H groups in total. The van der Waals surface area contributed by atoms with E-state index in [0.717, 1.165) is 5.56 Å². The van der Waals surface area contributed by atoms with Gasteiger partial charge in [0.05, 0.1) is 0 Å². The normalized spacial score (nSPS) is 21.1. The number of aliphatic hydroxyl groups is 1. The summed E-state index contributed by atoms with van der Waals surface area (Å²) in [6, 6.07) is 9.35. The lowest BCUT2D eigenvalue weighted by molar-refractivity contribution is 0.101. The molecule has 1 aromatic rings. The van der Waals surface area contributed by atoms with Crippen molar-refractivity contribution in [3.63, 3.8) is 0 Å². The van der Waals surface area contributed by atoms with Crippen LogP contribution in [0.4, 0.5) is 4.79 Å². The Balaban J connectivity index is 0.000000956. The number of hydrogen-bond acceptors (Lipinski definition) is 4. The molecule has 2 unspecified atom stereocenters. The number of rotatable bonds is 3. The summed E-state index contributed by atoms with van der Waals surface area (Å²) in [4.78, 5) is 13.3. The highest BCUT2D eigenvalue weighted by atomic mass is 16.6. The van der Waals surface area contributed by atoms with Gasteiger partial charge in [-0.3, -0.25) is 0 Å². The van der Waals surface area contributed by atoms with Crippen LogP contribution in [0.2, 0.25) is 0 Å². The molecule has 1 saturated heterocycles. The van der Waals surface area contributed by atoms with Crippen molar-refractivity contribution in [1.29, 1.82) is 0 Å². The minimum absolute atomic E-state index is 0.00360. The van der Waals surface area contributed by atoms with Crippen LogP contribution in [0.15, 0.2) is 30.3 Å². The van der Waals surface area contributed by atoms with Gasteiger partial charge in [-0.1, -0.05) is 44.2 Å². The fourth-order valence-electron chi connectivity index (χ4n) is 2.05. The van der Waals surface area contributed by atoms with Crippen LogP contribution in [0.25, 0.3) is 0 Å². The van der Waals surface area contributed by atoms with Crippen molar-refractivity contribution in [3.8, 4) is 0 Å². The molecule has 1 fully saturated rings. The van der Waals surface area contributed by atoms with E-state index in [1.54, 1.807) is 4.90 Å². The number of nitrogens with two attached hydrogens (primary N) is 1. The summed E-state index contributed by atoms with van der Waals surface area (Å²) in [7, 11) is 0. The quantitative estimate of drug-likeness (QED) is 0.882. The van der Waals surface area contributed by atoms with Gasteiger partial charge >= 0.3 is 6.09 Å². The van der Waals surface area contributed by atoms with Crippen LogP contribution in [-0.4, -0.2) is 41.8 Å². The predicted molar refractivity (Wildman–Crippen MR) is 78.1 cm³/mol. The van der Waals surface area contributed by atoms with Gasteiger partial charge in [0.25, 0.3) is 0 Å². The Bertz CT molecular complexity index is 397. The Morgan fingerprint density at radius 1 is 1.35 bits per heavy atom. The summed E-state index contributed by atoms with van der Waals surface area (Å²) in [5.41, 5.74) is 6.77. The molecule has 1 aliphatic rings. The third-order valence-electron chi connectivity index (χ3n) is 3.19. The average molecular weight is 280 g/mol. The van der Waals surface area contributed by atoms with E-state index in [9.17, 15) is 4.79 Å². The van der Waals surface area contributed by atoms with E-state index >= 15 is 0 Å². The maximum atomic E-state index is 11.8. The van der Waals surface area contributed by atoms with Gasteiger partial charge in [0.15, 0.2) is 0 Å². The first-order valence-corrected chi connectivity index (χ1v) is 7.02. The van der Waals surface area contributed by atoms with Crippen molar-refractivity contribution in [1.82, 2.24) is 4.90 Å². The third kappa shape index (κ3) is 4.51. The van der Waals surface area contributed by atoms with Crippen molar-refractivity contribution >= 4 is 6.09 Å². The minimum Gasteiger partial charge on any atom is -0.445 e. The molecule has 0 aromatic heterocycles. The second-order valence-electron chi connectivity index (χ2n) is 4.55. The zero-order valence-electron chi connectivity index (χ0n) is 12.2. The van der Waals surface area contributed by atoms with Crippen LogP contribution in [0.1, 0.15) is 19.4 Å². The second-order valence-corrected chi connectivity index (χ2v) is 4.55.